The molecule has 0 aliphatic heterocycles. The van der Waals surface area contributed by atoms with E-state index >= 15 is 0 Å². The van der Waals surface area contributed by atoms with Crippen molar-refractivity contribution >= 4 is 5.97 Å². The third-order valence-corrected chi connectivity index (χ3v) is 2.07. The van der Waals surface area contributed by atoms with Crippen LogP contribution in [0.3, 0.4) is 0 Å². The number of carbonyl (C=O) groups excluding carboxylic acids is 1. The van der Waals surface area contributed by atoms with E-state index in [1.54, 1.807) is 20.9 Å². The summed E-state index contributed by atoms with van der Waals surface area (Å²) < 4.78 is 10.6. The largest absolute Gasteiger partial charge is 0.465 e. The smallest absolute Gasteiger partial charge is 0.328 e. The number of hydrogen-bond acceptors (Lipinski definition) is 4. The SMILES string of the molecule is CCOC(=O)C(C)(COC(C)(C)C)NC. The van der Waals surface area contributed by atoms with Gasteiger partial charge in [0.1, 0.15) is 5.54 Å². The predicted molar refractivity (Wildman–Crippen MR) is 59.8 cm³/mol. The Morgan fingerprint density at radius 1 is 1.27 bits per heavy atom. The lowest BCUT2D eigenvalue weighted by Crippen LogP contribution is -2.53. The summed E-state index contributed by atoms with van der Waals surface area (Å²) in [5, 5.41) is 2.94. The molecule has 0 amide bonds. The van der Waals surface area contributed by atoms with Gasteiger partial charge in [-0.1, -0.05) is 0 Å². The van der Waals surface area contributed by atoms with Crippen LogP contribution >= 0.6 is 0 Å². The maximum absolute atomic E-state index is 11.6. The normalized spacial score (nSPS) is 15.9. The second kappa shape index (κ2) is 5.47. The number of rotatable bonds is 5. The van der Waals surface area contributed by atoms with Crippen molar-refractivity contribution in [1.82, 2.24) is 5.32 Å². The van der Waals surface area contributed by atoms with Gasteiger partial charge in [-0.25, -0.2) is 4.79 Å². The highest BCUT2D eigenvalue weighted by Gasteiger charge is 2.34. The van der Waals surface area contributed by atoms with Crippen LogP contribution in [0.2, 0.25) is 0 Å². The molecule has 0 aromatic rings. The number of likely N-dealkylation sites (N-methyl/N-ethyl adjacent to an activating group) is 1. The van der Waals surface area contributed by atoms with Crippen molar-refractivity contribution < 1.29 is 14.3 Å². The fourth-order valence-electron chi connectivity index (χ4n) is 0.884. The minimum absolute atomic E-state index is 0.259. The third kappa shape index (κ3) is 5.14. The molecule has 1 atom stereocenters. The molecule has 0 spiro atoms. The topological polar surface area (TPSA) is 47.6 Å². The molecule has 15 heavy (non-hydrogen) atoms. The first kappa shape index (κ1) is 14.4. The fraction of sp³-hybridized carbons (Fsp3) is 0.909. The Morgan fingerprint density at radius 3 is 2.13 bits per heavy atom. The Labute approximate surface area is 92.3 Å². The lowest BCUT2D eigenvalue weighted by atomic mass is 10.0. The van der Waals surface area contributed by atoms with Crippen LogP contribution in [0.25, 0.3) is 0 Å². The fourth-order valence-corrected chi connectivity index (χ4v) is 0.884. The monoisotopic (exact) mass is 217 g/mol. The second-order valence-electron chi connectivity index (χ2n) is 4.70. The number of ether oxygens (including phenoxy) is 2. The number of nitrogens with one attached hydrogen (secondary N) is 1. The molecule has 0 aromatic heterocycles. The summed E-state index contributed by atoms with van der Waals surface area (Å²) in [5.74, 6) is -0.281. The quantitative estimate of drug-likeness (QED) is 0.706. The molecule has 0 saturated carbocycles. The van der Waals surface area contributed by atoms with Crippen molar-refractivity contribution in [3.63, 3.8) is 0 Å². The van der Waals surface area contributed by atoms with E-state index in [1.165, 1.54) is 0 Å². The zero-order valence-corrected chi connectivity index (χ0v) is 10.6. The minimum atomic E-state index is -0.775. The number of esters is 1. The summed E-state index contributed by atoms with van der Waals surface area (Å²) in [6.45, 7) is 10.1. The Hall–Kier alpha value is -0.610. The highest BCUT2D eigenvalue weighted by molar-refractivity contribution is 5.80. The Kier molecular flexibility index (Phi) is 5.24. The standard InChI is InChI=1S/C11H23NO3/c1-7-14-9(13)11(5,12-6)8-15-10(2,3)4/h12H,7-8H2,1-6H3. The van der Waals surface area contributed by atoms with Gasteiger partial charge in [-0.2, -0.15) is 0 Å². The van der Waals surface area contributed by atoms with Crippen LogP contribution in [0, 0.1) is 0 Å². The minimum Gasteiger partial charge on any atom is -0.465 e. The van der Waals surface area contributed by atoms with Crippen molar-refractivity contribution in [2.24, 2.45) is 0 Å². The molecule has 0 saturated heterocycles. The van der Waals surface area contributed by atoms with E-state index < -0.39 is 5.54 Å². The molecular weight excluding hydrogens is 194 g/mol. The van der Waals surface area contributed by atoms with Gasteiger partial charge in [0.25, 0.3) is 0 Å². The first-order valence-electron chi connectivity index (χ1n) is 5.25. The van der Waals surface area contributed by atoms with E-state index in [-0.39, 0.29) is 11.6 Å². The molecule has 0 aliphatic rings. The van der Waals surface area contributed by atoms with Crippen LogP contribution < -0.4 is 5.32 Å². The zero-order valence-electron chi connectivity index (χ0n) is 10.6. The molecule has 4 heteroatoms. The van der Waals surface area contributed by atoms with E-state index in [0.29, 0.717) is 13.2 Å². The Bertz CT molecular complexity index is 210. The van der Waals surface area contributed by atoms with E-state index in [4.69, 9.17) is 9.47 Å². The van der Waals surface area contributed by atoms with Crippen molar-refractivity contribution in [1.29, 1.82) is 0 Å². The van der Waals surface area contributed by atoms with Gasteiger partial charge >= 0.3 is 5.97 Å². The van der Waals surface area contributed by atoms with E-state index in [0.717, 1.165) is 0 Å². The molecule has 0 rings (SSSR count). The molecule has 0 heterocycles. The molecule has 0 fully saturated rings. The third-order valence-electron chi connectivity index (χ3n) is 2.07. The van der Waals surface area contributed by atoms with Crippen LogP contribution in [0.15, 0.2) is 0 Å². The first-order chi connectivity index (χ1) is 6.75. The summed E-state index contributed by atoms with van der Waals surface area (Å²) in [6.07, 6.45) is 0. The molecule has 0 aromatic carbocycles. The average molecular weight is 217 g/mol. The van der Waals surface area contributed by atoms with Crippen LogP contribution in [-0.2, 0) is 14.3 Å². The van der Waals surface area contributed by atoms with Crippen LogP contribution in [0.4, 0.5) is 0 Å². The van der Waals surface area contributed by atoms with Gasteiger partial charge in [0.15, 0.2) is 0 Å². The second-order valence-corrected chi connectivity index (χ2v) is 4.70. The van der Waals surface area contributed by atoms with E-state index in [2.05, 4.69) is 5.32 Å². The van der Waals surface area contributed by atoms with Crippen molar-refractivity contribution in [3.8, 4) is 0 Å². The van der Waals surface area contributed by atoms with Gasteiger partial charge in [0.2, 0.25) is 0 Å². The number of carbonyl (C=O) groups is 1. The van der Waals surface area contributed by atoms with E-state index in [9.17, 15) is 4.79 Å². The Morgan fingerprint density at radius 2 is 1.80 bits per heavy atom. The molecular formula is C11H23NO3. The summed E-state index contributed by atoms with van der Waals surface area (Å²) in [5.41, 5.74) is -1.03. The van der Waals surface area contributed by atoms with Crippen LogP contribution in [0.1, 0.15) is 34.6 Å². The van der Waals surface area contributed by atoms with Crippen LogP contribution in [-0.4, -0.2) is 37.4 Å². The molecule has 0 aliphatic carbocycles. The van der Waals surface area contributed by atoms with Crippen molar-refractivity contribution in [2.45, 2.75) is 45.8 Å². The van der Waals surface area contributed by atoms with Gasteiger partial charge in [-0.15, -0.1) is 0 Å². The summed E-state index contributed by atoms with van der Waals surface area (Å²) in [6, 6.07) is 0. The van der Waals surface area contributed by atoms with Gasteiger partial charge in [0.05, 0.1) is 18.8 Å². The molecule has 0 bridgehead atoms. The maximum Gasteiger partial charge on any atom is 0.328 e. The predicted octanol–water partition coefficient (Wildman–Crippen LogP) is 1.34. The molecule has 4 nitrogen and oxygen atoms in total. The van der Waals surface area contributed by atoms with Gasteiger partial charge in [-0.05, 0) is 41.7 Å². The van der Waals surface area contributed by atoms with Crippen molar-refractivity contribution in [3.05, 3.63) is 0 Å². The summed E-state index contributed by atoms with van der Waals surface area (Å²) >= 11 is 0. The highest BCUT2D eigenvalue weighted by atomic mass is 16.5. The van der Waals surface area contributed by atoms with Gasteiger partial charge in [0, 0.05) is 0 Å². The van der Waals surface area contributed by atoms with Crippen molar-refractivity contribution in [2.75, 3.05) is 20.3 Å². The Balaban J connectivity index is 4.37. The lowest BCUT2D eigenvalue weighted by molar-refractivity contribution is -0.155. The lowest BCUT2D eigenvalue weighted by Gasteiger charge is -2.30. The summed E-state index contributed by atoms with van der Waals surface area (Å²) in [4.78, 5) is 11.6. The maximum atomic E-state index is 11.6. The number of hydrogen-bond donors (Lipinski definition) is 1. The first-order valence-corrected chi connectivity index (χ1v) is 5.25. The molecule has 0 radical (unpaired) electrons. The molecule has 1 unspecified atom stereocenters. The highest BCUT2D eigenvalue weighted by Crippen LogP contribution is 2.13. The zero-order chi connectivity index (χ0) is 12.1. The average Bonchev–Trinajstić information content (AvgIpc) is 2.13. The van der Waals surface area contributed by atoms with E-state index in [1.807, 2.05) is 20.8 Å². The van der Waals surface area contributed by atoms with Crippen LogP contribution in [0.5, 0.6) is 0 Å². The summed E-state index contributed by atoms with van der Waals surface area (Å²) in [7, 11) is 1.73. The molecule has 1 N–H and O–H groups in total. The van der Waals surface area contributed by atoms with Gasteiger partial charge < -0.3 is 14.8 Å². The van der Waals surface area contributed by atoms with Gasteiger partial charge in [-0.3, -0.25) is 0 Å². The molecule has 90 valence electrons.